The first-order valence-corrected chi connectivity index (χ1v) is 4.72. The maximum Gasteiger partial charge on any atom is 0.191 e. The smallest absolute Gasteiger partial charge is 0.191 e. The van der Waals surface area contributed by atoms with Crippen LogP contribution in [0.4, 0.5) is 4.39 Å². The van der Waals surface area contributed by atoms with Crippen LogP contribution in [0.5, 0.6) is 0 Å². The maximum atomic E-state index is 13.5. The minimum atomic E-state index is -0.295. The van der Waals surface area contributed by atoms with Gasteiger partial charge in [0.1, 0.15) is 5.82 Å². The zero-order chi connectivity index (χ0) is 10.1. The highest BCUT2D eigenvalue weighted by molar-refractivity contribution is 5.40. The van der Waals surface area contributed by atoms with Gasteiger partial charge in [0.2, 0.25) is 0 Å². The van der Waals surface area contributed by atoms with Gasteiger partial charge in [0.25, 0.3) is 0 Å². The van der Waals surface area contributed by atoms with Crippen molar-refractivity contribution in [3.8, 4) is 0 Å². The molecule has 74 valence electrons. The molecule has 0 aliphatic heterocycles. The summed E-state index contributed by atoms with van der Waals surface area (Å²) in [5.74, 6) is 0.300. The van der Waals surface area contributed by atoms with Crippen molar-refractivity contribution < 1.29 is 4.39 Å². The van der Waals surface area contributed by atoms with Gasteiger partial charge in [0.05, 0.1) is 0 Å². The highest BCUT2D eigenvalue weighted by atomic mass is 19.1. The minimum Gasteiger partial charge on any atom is -0.218 e. The number of nitrogens with zero attached hydrogens (tertiary/aromatic N) is 3. The summed E-state index contributed by atoms with van der Waals surface area (Å²) >= 11 is 0. The van der Waals surface area contributed by atoms with Gasteiger partial charge in [-0.05, 0) is 25.0 Å². The van der Waals surface area contributed by atoms with E-state index in [1.165, 1.54) is 10.6 Å². The van der Waals surface area contributed by atoms with E-state index in [0.717, 1.165) is 18.4 Å². The predicted octanol–water partition coefficient (Wildman–Crippen LogP) is 2.13. The van der Waals surface area contributed by atoms with Gasteiger partial charge in [-0.3, -0.25) is 0 Å². The number of aryl methyl sites for hydroxylation is 2. The number of pyridine rings is 1. The lowest BCUT2D eigenvalue weighted by Crippen LogP contribution is -1.95. The van der Waals surface area contributed by atoms with Crippen LogP contribution >= 0.6 is 0 Å². The van der Waals surface area contributed by atoms with Gasteiger partial charge in [-0.1, -0.05) is 13.3 Å². The highest BCUT2D eigenvalue weighted by Crippen LogP contribution is 2.11. The van der Waals surface area contributed by atoms with Crippen molar-refractivity contribution in [2.45, 2.75) is 26.7 Å². The number of rotatable bonds is 2. The second-order valence-corrected chi connectivity index (χ2v) is 3.37. The Hall–Kier alpha value is -1.45. The molecule has 0 saturated heterocycles. The largest absolute Gasteiger partial charge is 0.218 e. The van der Waals surface area contributed by atoms with E-state index in [2.05, 4.69) is 17.0 Å². The van der Waals surface area contributed by atoms with Crippen LogP contribution in [0.2, 0.25) is 0 Å². The molecule has 14 heavy (non-hydrogen) atoms. The van der Waals surface area contributed by atoms with Gasteiger partial charge in [0.15, 0.2) is 11.5 Å². The molecule has 2 heterocycles. The number of hydrogen-bond acceptors (Lipinski definition) is 2. The van der Waals surface area contributed by atoms with E-state index in [1.807, 2.05) is 6.20 Å². The Kier molecular flexibility index (Phi) is 2.19. The third-order valence-electron chi connectivity index (χ3n) is 2.09. The summed E-state index contributed by atoms with van der Waals surface area (Å²) in [6.45, 7) is 3.82. The third-order valence-corrected chi connectivity index (χ3v) is 2.09. The lowest BCUT2D eigenvalue weighted by atomic mass is 10.2. The molecule has 2 aromatic heterocycles. The fourth-order valence-electron chi connectivity index (χ4n) is 1.53. The Bertz CT molecular complexity index is 462. The Balaban J connectivity index is 2.59. The molecule has 0 aliphatic rings. The minimum absolute atomic E-state index is 0.295. The fourth-order valence-corrected chi connectivity index (χ4v) is 1.53. The van der Waals surface area contributed by atoms with E-state index in [4.69, 9.17) is 0 Å². The average molecular weight is 193 g/mol. The van der Waals surface area contributed by atoms with Gasteiger partial charge in [0, 0.05) is 6.20 Å². The van der Waals surface area contributed by atoms with Crippen LogP contribution in [-0.2, 0) is 6.42 Å². The molecule has 0 N–H and O–H groups in total. The summed E-state index contributed by atoms with van der Waals surface area (Å²) in [7, 11) is 0. The SMILES string of the molecule is CCCc1cc(F)c2nc(C)nn2c1. The first-order valence-electron chi connectivity index (χ1n) is 4.72. The van der Waals surface area contributed by atoms with Crippen molar-refractivity contribution >= 4 is 5.65 Å². The Labute approximate surface area is 81.6 Å². The fraction of sp³-hybridized carbons (Fsp3) is 0.400. The Morgan fingerprint density at radius 1 is 1.50 bits per heavy atom. The van der Waals surface area contributed by atoms with Gasteiger partial charge in [-0.25, -0.2) is 13.9 Å². The number of halogens is 1. The summed E-state index contributed by atoms with van der Waals surface area (Å²) in [6, 6.07) is 1.53. The number of fused-ring (bicyclic) bond motifs is 1. The Morgan fingerprint density at radius 3 is 3.00 bits per heavy atom. The molecule has 0 unspecified atom stereocenters. The lowest BCUT2D eigenvalue weighted by Gasteiger charge is -1.99. The van der Waals surface area contributed by atoms with Crippen LogP contribution in [0.1, 0.15) is 24.7 Å². The summed E-state index contributed by atoms with van der Waals surface area (Å²) in [5, 5.41) is 4.08. The van der Waals surface area contributed by atoms with Crippen LogP contribution in [-0.4, -0.2) is 14.6 Å². The number of aromatic nitrogens is 3. The molecular formula is C10H12FN3. The van der Waals surface area contributed by atoms with Crippen LogP contribution in [0.3, 0.4) is 0 Å². The molecule has 3 nitrogen and oxygen atoms in total. The molecule has 0 fully saturated rings. The van der Waals surface area contributed by atoms with E-state index in [1.54, 1.807) is 6.92 Å². The van der Waals surface area contributed by atoms with Crippen molar-refractivity contribution in [1.82, 2.24) is 14.6 Å². The van der Waals surface area contributed by atoms with Gasteiger partial charge >= 0.3 is 0 Å². The number of hydrogen-bond donors (Lipinski definition) is 0. The standard InChI is InChI=1S/C10H12FN3/c1-3-4-8-5-9(11)10-12-7(2)13-14(10)6-8/h5-6H,3-4H2,1-2H3. The van der Waals surface area contributed by atoms with Crippen molar-refractivity contribution in [2.75, 3.05) is 0 Å². The zero-order valence-corrected chi connectivity index (χ0v) is 8.29. The van der Waals surface area contributed by atoms with Crippen LogP contribution < -0.4 is 0 Å². The van der Waals surface area contributed by atoms with E-state index in [9.17, 15) is 4.39 Å². The van der Waals surface area contributed by atoms with Crippen molar-refractivity contribution in [3.05, 3.63) is 29.5 Å². The van der Waals surface area contributed by atoms with Gasteiger partial charge in [-0.2, -0.15) is 5.10 Å². The van der Waals surface area contributed by atoms with Crippen molar-refractivity contribution in [2.24, 2.45) is 0 Å². The van der Waals surface area contributed by atoms with Crippen molar-refractivity contribution in [3.63, 3.8) is 0 Å². The molecule has 2 aromatic rings. The van der Waals surface area contributed by atoms with Gasteiger partial charge < -0.3 is 0 Å². The molecule has 0 aliphatic carbocycles. The van der Waals surface area contributed by atoms with E-state index in [-0.39, 0.29) is 5.82 Å². The molecule has 0 saturated carbocycles. The second kappa shape index (κ2) is 3.36. The summed E-state index contributed by atoms with van der Waals surface area (Å²) in [4.78, 5) is 3.99. The monoisotopic (exact) mass is 193 g/mol. The molecule has 0 radical (unpaired) electrons. The molecule has 0 amide bonds. The molecule has 0 atom stereocenters. The quantitative estimate of drug-likeness (QED) is 0.731. The summed E-state index contributed by atoms with van der Waals surface area (Å²) in [5.41, 5.74) is 1.27. The highest BCUT2D eigenvalue weighted by Gasteiger charge is 2.07. The van der Waals surface area contributed by atoms with Crippen LogP contribution in [0.15, 0.2) is 12.3 Å². The average Bonchev–Trinajstić information content (AvgIpc) is 2.47. The topological polar surface area (TPSA) is 30.2 Å². The van der Waals surface area contributed by atoms with E-state index in [0.29, 0.717) is 11.5 Å². The maximum absolute atomic E-state index is 13.5. The molecule has 2 rings (SSSR count). The third kappa shape index (κ3) is 1.47. The summed E-state index contributed by atoms with van der Waals surface area (Å²) < 4.78 is 15.0. The van der Waals surface area contributed by atoms with Crippen LogP contribution in [0, 0.1) is 12.7 Å². The van der Waals surface area contributed by atoms with Gasteiger partial charge in [-0.15, -0.1) is 0 Å². The van der Waals surface area contributed by atoms with Crippen molar-refractivity contribution in [1.29, 1.82) is 0 Å². The normalized spacial score (nSPS) is 11.1. The lowest BCUT2D eigenvalue weighted by molar-refractivity contribution is 0.623. The molecule has 0 spiro atoms. The summed E-state index contributed by atoms with van der Waals surface area (Å²) in [6.07, 6.45) is 3.70. The van der Waals surface area contributed by atoms with Crippen LogP contribution in [0.25, 0.3) is 5.65 Å². The zero-order valence-electron chi connectivity index (χ0n) is 8.29. The second-order valence-electron chi connectivity index (χ2n) is 3.37. The Morgan fingerprint density at radius 2 is 2.29 bits per heavy atom. The molecule has 0 bridgehead atoms. The molecular weight excluding hydrogens is 181 g/mol. The molecule has 0 aromatic carbocycles. The van der Waals surface area contributed by atoms with E-state index >= 15 is 0 Å². The van der Waals surface area contributed by atoms with E-state index < -0.39 is 0 Å². The predicted molar refractivity (Wildman–Crippen MR) is 51.7 cm³/mol. The molecule has 4 heteroatoms. The first kappa shape index (κ1) is 9.12. The first-order chi connectivity index (χ1) is 6.70.